The molecule has 0 bridgehead atoms. The second-order valence-electron chi connectivity index (χ2n) is 3.73. The van der Waals surface area contributed by atoms with Gasteiger partial charge in [-0.3, -0.25) is 4.79 Å². The van der Waals surface area contributed by atoms with E-state index in [1.165, 1.54) is 0 Å². The molecule has 72 valence electrons. The quantitative estimate of drug-likeness (QED) is 0.618. The summed E-state index contributed by atoms with van der Waals surface area (Å²) >= 11 is 0. The predicted octanol–water partition coefficient (Wildman–Crippen LogP) is 0.397. The maximum atomic E-state index is 11.3. The average Bonchev–Trinajstić information content (AvgIpc) is 2.48. The molecule has 0 aromatic rings. The molecule has 3 N–H and O–H groups in total. The van der Waals surface area contributed by atoms with Crippen LogP contribution in [0.15, 0.2) is 0 Å². The molecule has 1 saturated carbocycles. The lowest BCUT2D eigenvalue weighted by atomic mass is 9.94. The maximum Gasteiger partial charge on any atom is 0.222 e. The number of hydrogen-bond donors (Lipinski definition) is 2. The van der Waals surface area contributed by atoms with Crippen molar-refractivity contribution < 1.29 is 4.79 Å². The van der Waals surface area contributed by atoms with Gasteiger partial charge in [-0.25, -0.2) is 0 Å². The van der Waals surface area contributed by atoms with E-state index >= 15 is 0 Å². The van der Waals surface area contributed by atoms with E-state index in [1.54, 1.807) is 0 Å². The van der Waals surface area contributed by atoms with Crippen LogP contribution in [0.4, 0.5) is 0 Å². The summed E-state index contributed by atoms with van der Waals surface area (Å²) < 4.78 is 0. The van der Waals surface area contributed by atoms with Crippen LogP contribution >= 0.6 is 0 Å². The summed E-state index contributed by atoms with van der Waals surface area (Å²) in [5.41, 5.74) is 5.75. The number of nitrogens with two attached hydrogens (primary N) is 1. The Hall–Kier alpha value is -1.01. The van der Waals surface area contributed by atoms with Crippen molar-refractivity contribution >= 4 is 5.91 Å². The molecular weight excluding hydrogens is 164 g/mol. The highest BCUT2D eigenvalue weighted by atomic mass is 16.1. The van der Waals surface area contributed by atoms with Gasteiger partial charge >= 0.3 is 0 Å². The van der Waals surface area contributed by atoms with E-state index in [9.17, 15) is 4.79 Å². The first-order valence-corrected chi connectivity index (χ1v) is 4.65. The number of amides is 1. The van der Waals surface area contributed by atoms with Gasteiger partial charge in [0.15, 0.2) is 0 Å². The first-order valence-electron chi connectivity index (χ1n) is 4.65. The summed E-state index contributed by atoms with van der Waals surface area (Å²) in [7, 11) is 0. The van der Waals surface area contributed by atoms with E-state index in [-0.39, 0.29) is 11.4 Å². The minimum absolute atomic E-state index is 0.0256. The number of rotatable bonds is 3. The van der Waals surface area contributed by atoms with Gasteiger partial charge in [-0.15, -0.1) is 6.42 Å². The summed E-state index contributed by atoms with van der Waals surface area (Å²) in [6.45, 7) is 0.301. The zero-order valence-corrected chi connectivity index (χ0v) is 7.81. The molecule has 1 amide bonds. The van der Waals surface area contributed by atoms with Gasteiger partial charge in [-0.1, -0.05) is 18.8 Å². The smallest absolute Gasteiger partial charge is 0.222 e. The van der Waals surface area contributed by atoms with Crippen molar-refractivity contribution in [3.05, 3.63) is 0 Å². The largest absolute Gasteiger partial charge is 0.345 e. The van der Waals surface area contributed by atoms with Gasteiger partial charge in [0.1, 0.15) is 0 Å². The second kappa shape index (κ2) is 4.29. The summed E-state index contributed by atoms with van der Waals surface area (Å²) in [6, 6.07) is 0. The lowest BCUT2D eigenvalue weighted by Crippen LogP contribution is -2.42. The molecular formula is C10H16N2O. The minimum atomic E-state index is -0.265. The molecule has 0 aromatic carbocycles. The van der Waals surface area contributed by atoms with Crippen LogP contribution < -0.4 is 11.1 Å². The van der Waals surface area contributed by atoms with Gasteiger partial charge in [-0.2, -0.15) is 0 Å². The fourth-order valence-electron chi connectivity index (χ4n) is 1.79. The standard InChI is InChI=1S/C10H16N2O/c1-2-7-12-9(13)8-10(11)5-3-4-6-10/h1H,3-8,11H2,(H,12,13). The molecule has 1 rings (SSSR count). The Balaban J connectivity index is 2.31. The van der Waals surface area contributed by atoms with Crippen LogP contribution in [0, 0.1) is 12.3 Å². The SMILES string of the molecule is C#CCNC(=O)CC1(N)CCCC1. The molecule has 3 nitrogen and oxygen atoms in total. The monoisotopic (exact) mass is 180 g/mol. The molecule has 1 fully saturated rings. The van der Waals surface area contributed by atoms with E-state index in [4.69, 9.17) is 12.2 Å². The average molecular weight is 180 g/mol. The van der Waals surface area contributed by atoms with E-state index in [0.717, 1.165) is 25.7 Å². The molecule has 13 heavy (non-hydrogen) atoms. The van der Waals surface area contributed by atoms with E-state index in [2.05, 4.69) is 11.2 Å². The number of terminal acetylenes is 1. The van der Waals surface area contributed by atoms with Crippen molar-refractivity contribution in [2.45, 2.75) is 37.6 Å². The fourth-order valence-corrected chi connectivity index (χ4v) is 1.79. The zero-order chi connectivity index (χ0) is 9.73. The first kappa shape index (κ1) is 10.1. The zero-order valence-electron chi connectivity index (χ0n) is 7.81. The molecule has 0 spiro atoms. The Morgan fingerprint density at radius 2 is 2.15 bits per heavy atom. The van der Waals surface area contributed by atoms with Crippen LogP contribution in [0.5, 0.6) is 0 Å². The van der Waals surface area contributed by atoms with Crippen molar-refractivity contribution in [3.63, 3.8) is 0 Å². The summed E-state index contributed by atoms with van der Waals surface area (Å²) in [4.78, 5) is 11.3. The molecule has 0 aliphatic heterocycles. The second-order valence-corrected chi connectivity index (χ2v) is 3.73. The van der Waals surface area contributed by atoms with Crippen molar-refractivity contribution in [2.24, 2.45) is 5.73 Å². The molecule has 0 heterocycles. The normalized spacial score (nSPS) is 19.4. The van der Waals surface area contributed by atoms with Gasteiger partial charge < -0.3 is 11.1 Å². The van der Waals surface area contributed by atoms with Gasteiger partial charge in [0, 0.05) is 12.0 Å². The Labute approximate surface area is 79.1 Å². The Kier molecular flexibility index (Phi) is 3.32. The van der Waals surface area contributed by atoms with Gasteiger partial charge in [-0.05, 0) is 12.8 Å². The molecule has 0 saturated heterocycles. The topological polar surface area (TPSA) is 55.1 Å². The van der Waals surface area contributed by atoms with Crippen molar-refractivity contribution in [1.29, 1.82) is 0 Å². The highest BCUT2D eigenvalue weighted by molar-refractivity contribution is 5.77. The summed E-state index contributed by atoms with van der Waals surface area (Å²) in [5.74, 6) is 2.34. The molecule has 0 unspecified atom stereocenters. The number of carbonyl (C=O) groups excluding carboxylic acids is 1. The maximum absolute atomic E-state index is 11.3. The van der Waals surface area contributed by atoms with Crippen molar-refractivity contribution in [1.82, 2.24) is 5.32 Å². The number of nitrogens with one attached hydrogen (secondary N) is 1. The minimum Gasteiger partial charge on any atom is -0.345 e. The van der Waals surface area contributed by atoms with Gasteiger partial charge in [0.25, 0.3) is 0 Å². The first-order chi connectivity index (χ1) is 6.16. The van der Waals surface area contributed by atoms with E-state index in [1.807, 2.05) is 0 Å². The lowest BCUT2D eigenvalue weighted by molar-refractivity contribution is -0.122. The lowest BCUT2D eigenvalue weighted by Gasteiger charge is -2.22. The van der Waals surface area contributed by atoms with Crippen molar-refractivity contribution in [2.75, 3.05) is 6.54 Å². The van der Waals surface area contributed by atoms with Crippen molar-refractivity contribution in [3.8, 4) is 12.3 Å². The van der Waals surface area contributed by atoms with Crippen LogP contribution in [-0.4, -0.2) is 18.0 Å². The van der Waals surface area contributed by atoms with Crippen LogP contribution in [0.1, 0.15) is 32.1 Å². The molecule has 0 aromatic heterocycles. The molecule has 0 radical (unpaired) electrons. The van der Waals surface area contributed by atoms with E-state index in [0.29, 0.717) is 13.0 Å². The Morgan fingerprint density at radius 1 is 1.54 bits per heavy atom. The van der Waals surface area contributed by atoms with E-state index < -0.39 is 0 Å². The summed E-state index contributed by atoms with van der Waals surface area (Å²) in [6.07, 6.45) is 9.62. The molecule has 1 aliphatic rings. The number of hydrogen-bond acceptors (Lipinski definition) is 2. The van der Waals surface area contributed by atoms with Crippen LogP contribution in [0.3, 0.4) is 0 Å². The molecule has 0 atom stereocenters. The fraction of sp³-hybridized carbons (Fsp3) is 0.700. The van der Waals surface area contributed by atoms with Gasteiger partial charge in [0.2, 0.25) is 5.91 Å². The highest BCUT2D eigenvalue weighted by Crippen LogP contribution is 2.29. The highest BCUT2D eigenvalue weighted by Gasteiger charge is 2.31. The third-order valence-electron chi connectivity index (χ3n) is 2.50. The third-order valence-corrected chi connectivity index (χ3v) is 2.50. The predicted molar refractivity (Wildman–Crippen MR) is 51.8 cm³/mol. The molecule has 1 aliphatic carbocycles. The Bertz CT molecular complexity index is 224. The third kappa shape index (κ3) is 3.08. The summed E-state index contributed by atoms with van der Waals surface area (Å²) in [5, 5.41) is 2.63. The van der Waals surface area contributed by atoms with Gasteiger partial charge in [0.05, 0.1) is 6.54 Å². The Morgan fingerprint density at radius 3 is 2.69 bits per heavy atom. The van der Waals surface area contributed by atoms with Crippen LogP contribution in [0.25, 0.3) is 0 Å². The molecule has 3 heteroatoms. The van der Waals surface area contributed by atoms with Crippen LogP contribution in [0.2, 0.25) is 0 Å². The number of carbonyl (C=O) groups is 1. The van der Waals surface area contributed by atoms with Crippen LogP contribution in [-0.2, 0) is 4.79 Å².